The average molecular weight is 400 g/mol. The Morgan fingerprint density at radius 3 is 2.71 bits per heavy atom. The summed E-state index contributed by atoms with van der Waals surface area (Å²) < 4.78 is 7.06. The molecule has 2 aliphatic rings. The van der Waals surface area contributed by atoms with Gasteiger partial charge in [-0.2, -0.15) is 0 Å². The maximum atomic E-state index is 6.62. The molecular weight excluding hydrogens is 375 g/mol. The van der Waals surface area contributed by atoms with Gasteiger partial charge in [-0.1, -0.05) is 28.7 Å². The first-order chi connectivity index (χ1) is 9.67. The zero-order valence-electron chi connectivity index (χ0n) is 13.6. The van der Waals surface area contributed by atoms with E-state index >= 15 is 0 Å². The van der Waals surface area contributed by atoms with Crippen LogP contribution in [0.15, 0.2) is 18.3 Å². The fourth-order valence-electron chi connectivity index (χ4n) is 3.70. The fourth-order valence-corrected chi connectivity index (χ4v) is 4.95. The molecule has 2 atom stereocenters. The van der Waals surface area contributed by atoms with Gasteiger partial charge in [0.2, 0.25) is 0 Å². The van der Waals surface area contributed by atoms with Gasteiger partial charge in [-0.3, -0.25) is 9.88 Å². The molecule has 1 aromatic heterocycles. The molecule has 1 fully saturated rings. The number of aromatic nitrogens is 1. The van der Waals surface area contributed by atoms with Gasteiger partial charge >= 0.3 is 0 Å². The van der Waals surface area contributed by atoms with Crippen LogP contribution in [0, 0.1) is 0 Å². The highest BCUT2D eigenvalue weighted by Gasteiger charge is 2.55. The van der Waals surface area contributed by atoms with Crippen LogP contribution in [0.2, 0.25) is 0 Å². The predicted octanol–water partition coefficient (Wildman–Crippen LogP) is 3.85. The smallest absolute Gasteiger partial charge is 0.110 e. The van der Waals surface area contributed by atoms with Gasteiger partial charge in [-0.05, 0) is 47.1 Å². The van der Waals surface area contributed by atoms with Crippen LogP contribution in [-0.2, 0) is 15.9 Å². The molecular formula is C17H25IN2O. The quantitative estimate of drug-likeness (QED) is 0.489. The Hall–Kier alpha value is -0.200. The van der Waals surface area contributed by atoms with E-state index < -0.39 is 0 Å². The summed E-state index contributed by atoms with van der Waals surface area (Å²) in [7, 11) is 0. The Kier molecular flexibility index (Phi) is 3.66. The molecule has 21 heavy (non-hydrogen) atoms. The molecule has 0 aliphatic carbocycles. The van der Waals surface area contributed by atoms with Crippen LogP contribution in [-0.4, -0.2) is 32.4 Å². The van der Waals surface area contributed by atoms with Gasteiger partial charge in [0.15, 0.2) is 0 Å². The Labute approximate surface area is 141 Å². The zero-order valence-corrected chi connectivity index (χ0v) is 15.8. The Morgan fingerprint density at radius 1 is 1.38 bits per heavy atom. The van der Waals surface area contributed by atoms with Crippen LogP contribution >= 0.6 is 22.6 Å². The van der Waals surface area contributed by atoms with E-state index in [1.807, 2.05) is 12.3 Å². The van der Waals surface area contributed by atoms with Crippen molar-refractivity contribution in [2.75, 3.05) is 13.1 Å². The van der Waals surface area contributed by atoms with Crippen LogP contribution in [0.5, 0.6) is 0 Å². The van der Waals surface area contributed by atoms with Gasteiger partial charge in [0.1, 0.15) is 11.2 Å². The number of rotatable bonds is 0. The highest BCUT2D eigenvalue weighted by molar-refractivity contribution is 14.1. The van der Waals surface area contributed by atoms with E-state index in [-0.39, 0.29) is 16.7 Å². The number of halogens is 1. The number of fused-ring (bicyclic) bond motifs is 2. The highest BCUT2D eigenvalue weighted by Crippen LogP contribution is 2.53. The van der Waals surface area contributed by atoms with Crippen LogP contribution in [0.25, 0.3) is 0 Å². The molecule has 3 rings (SSSR count). The van der Waals surface area contributed by atoms with E-state index in [1.54, 1.807) is 0 Å². The first-order valence-corrected chi connectivity index (χ1v) is 8.97. The zero-order chi connectivity index (χ0) is 15.5. The molecule has 0 radical (unpaired) electrons. The molecule has 1 saturated heterocycles. The van der Waals surface area contributed by atoms with E-state index in [0.717, 1.165) is 25.2 Å². The number of hydrogen-bond donors (Lipinski definition) is 0. The van der Waals surface area contributed by atoms with Crippen molar-refractivity contribution in [3.05, 3.63) is 29.6 Å². The van der Waals surface area contributed by atoms with E-state index in [4.69, 9.17) is 4.74 Å². The second-order valence-electron chi connectivity index (χ2n) is 7.74. The van der Waals surface area contributed by atoms with E-state index in [2.05, 4.69) is 73.2 Å². The van der Waals surface area contributed by atoms with E-state index in [0.29, 0.717) is 3.92 Å². The number of likely N-dealkylation sites (tertiary alicyclic amines) is 1. The first-order valence-electron chi connectivity index (χ1n) is 7.72. The summed E-state index contributed by atoms with van der Waals surface area (Å²) in [6.45, 7) is 13.3. The van der Waals surface area contributed by atoms with Crippen molar-refractivity contribution in [3.8, 4) is 0 Å². The van der Waals surface area contributed by atoms with Crippen molar-refractivity contribution in [2.45, 2.75) is 61.7 Å². The largest absolute Gasteiger partial charge is 0.357 e. The fraction of sp³-hybridized carbons (Fsp3) is 0.706. The second kappa shape index (κ2) is 4.90. The van der Waals surface area contributed by atoms with Crippen LogP contribution in [0.1, 0.15) is 52.3 Å². The third-order valence-corrected chi connectivity index (χ3v) is 6.26. The number of hydrogen-bond acceptors (Lipinski definition) is 3. The van der Waals surface area contributed by atoms with Gasteiger partial charge in [-0.25, -0.2) is 0 Å². The first kappa shape index (κ1) is 15.7. The Bertz CT molecular complexity index is 552. The third-order valence-electron chi connectivity index (χ3n) is 4.86. The molecule has 3 nitrogen and oxygen atoms in total. The topological polar surface area (TPSA) is 25.4 Å². The lowest BCUT2D eigenvalue weighted by Crippen LogP contribution is -2.56. The van der Waals surface area contributed by atoms with Gasteiger partial charge < -0.3 is 4.74 Å². The number of nitrogens with zero attached hydrogens (tertiary/aromatic N) is 2. The molecule has 116 valence electrons. The van der Waals surface area contributed by atoms with Gasteiger partial charge in [-0.15, -0.1) is 0 Å². The summed E-state index contributed by atoms with van der Waals surface area (Å²) in [5.41, 5.74) is 2.19. The Balaban J connectivity index is 1.98. The molecule has 1 spiro atoms. The van der Waals surface area contributed by atoms with E-state index in [9.17, 15) is 0 Å². The van der Waals surface area contributed by atoms with Crippen LogP contribution in [0.3, 0.4) is 0 Å². The standard InChI is InChI=1S/C17H25IN2O/c1-15(2,3)20-10-8-17(13(18)11-20)12-7-6-9-19-14(12)16(4,5)21-17/h6-7,9,13H,8,10-11H2,1-5H3. The average Bonchev–Trinajstić information content (AvgIpc) is 2.62. The second-order valence-corrected chi connectivity index (χ2v) is 9.24. The Morgan fingerprint density at radius 2 is 2.10 bits per heavy atom. The van der Waals surface area contributed by atoms with Crippen molar-refractivity contribution in [3.63, 3.8) is 0 Å². The minimum Gasteiger partial charge on any atom is -0.357 e. The maximum Gasteiger partial charge on any atom is 0.110 e. The summed E-state index contributed by atoms with van der Waals surface area (Å²) >= 11 is 2.59. The van der Waals surface area contributed by atoms with Gasteiger partial charge in [0.25, 0.3) is 0 Å². The summed E-state index contributed by atoms with van der Waals surface area (Å²) in [6, 6.07) is 4.26. The summed E-state index contributed by atoms with van der Waals surface area (Å²) in [5, 5.41) is 0. The molecule has 2 aliphatic heterocycles. The lowest BCUT2D eigenvalue weighted by Gasteiger charge is -2.48. The monoisotopic (exact) mass is 400 g/mol. The van der Waals surface area contributed by atoms with Crippen LogP contribution < -0.4 is 0 Å². The summed E-state index contributed by atoms with van der Waals surface area (Å²) in [5.74, 6) is 0. The minimum atomic E-state index is -0.288. The van der Waals surface area contributed by atoms with Crippen molar-refractivity contribution in [1.82, 2.24) is 9.88 Å². The van der Waals surface area contributed by atoms with Crippen molar-refractivity contribution >= 4 is 22.6 Å². The molecule has 0 aromatic carbocycles. The normalized spacial score (nSPS) is 32.4. The molecule has 0 amide bonds. The molecule has 4 heteroatoms. The molecule has 0 saturated carbocycles. The van der Waals surface area contributed by atoms with Crippen LogP contribution in [0.4, 0.5) is 0 Å². The molecule has 0 bridgehead atoms. The third kappa shape index (κ3) is 2.43. The van der Waals surface area contributed by atoms with Crippen molar-refractivity contribution in [2.24, 2.45) is 0 Å². The van der Waals surface area contributed by atoms with E-state index in [1.165, 1.54) is 5.56 Å². The summed E-state index contributed by atoms with van der Waals surface area (Å²) in [4.78, 5) is 7.19. The van der Waals surface area contributed by atoms with Crippen molar-refractivity contribution in [1.29, 1.82) is 0 Å². The number of ether oxygens (including phenoxy) is 1. The summed E-state index contributed by atoms with van der Waals surface area (Å²) in [6.07, 6.45) is 2.93. The maximum absolute atomic E-state index is 6.62. The molecule has 3 heterocycles. The molecule has 1 aromatic rings. The number of pyridine rings is 1. The number of piperidine rings is 1. The van der Waals surface area contributed by atoms with Crippen molar-refractivity contribution < 1.29 is 4.74 Å². The lowest BCUT2D eigenvalue weighted by atomic mass is 9.83. The predicted molar refractivity (Wildman–Crippen MR) is 93.8 cm³/mol. The number of alkyl halides is 1. The lowest BCUT2D eigenvalue weighted by molar-refractivity contribution is -0.149. The molecule has 2 unspecified atom stereocenters. The highest BCUT2D eigenvalue weighted by atomic mass is 127. The van der Waals surface area contributed by atoms with Gasteiger partial charge in [0.05, 0.1) is 9.62 Å². The minimum absolute atomic E-state index is 0.171. The SMILES string of the molecule is CC1(C)OC2(CCN(C(C)(C)C)CC2I)c2cccnc21. The molecule has 0 N–H and O–H groups in total. The van der Waals surface area contributed by atoms with Gasteiger partial charge in [0, 0.05) is 30.4 Å².